The zero-order chi connectivity index (χ0) is 26.5. The van der Waals surface area contributed by atoms with Crippen LogP contribution in [-0.2, 0) is 0 Å². The summed E-state index contributed by atoms with van der Waals surface area (Å²) in [6, 6.07) is 16.3. The van der Waals surface area contributed by atoms with Crippen molar-refractivity contribution >= 4 is 0 Å². The number of hydrogen-bond acceptors (Lipinski definition) is 0. The van der Waals surface area contributed by atoms with E-state index in [2.05, 4.69) is 52.0 Å². The molecule has 0 aromatic heterocycles. The minimum atomic E-state index is -0.475. The first-order chi connectivity index (χ1) is 16.4. The molecule has 1 saturated carbocycles. The maximum absolute atomic E-state index is 12.6. The van der Waals surface area contributed by atoms with Crippen LogP contribution in [-0.4, -0.2) is 0 Å². The van der Waals surface area contributed by atoms with E-state index in [0.717, 1.165) is 17.4 Å². The highest BCUT2D eigenvalue weighted by Gasteiger charge is 2.13. The van der Waals surface area contributed by atoms with Crippen molar-refractivity contribution in [3.05, 3.63) is 105 Å². The van der Waals surface area contributed by atoms with Gasteiger partial charge in [0.25, 0.3) is 0 Å². The van der Waals surface area contributed by atoms with Crippen LogP contribution in [0.1, 0.15) is 110 Å². The van der Waals surface area contributed by atoms with Crippen molar-refractivity contribution in [2.75, 3.05) is 0 Å². The topological polar surface area (TPSA) is 0 Å². The molecule has 0 spiro atoms. The van der Waals surface area contributed by atoms with Crippen molar-refractivity contribution in [2.24, 2.45) is 11.8 Å². The van der Waals surface area contributed by atoms with Gasteiger partial charge < -0.3 is 0 Å². The molecule has 0 amide bonds. The summed E-state index contributed by atoms with van der Waals surface area (Å²) in [5.41, 5.74) is 5.04. The lowest BCUT2D eigenvalue weighted by atomic mass is 9.84. The van der Waals surface area contributed by atoms with E-state index in [4.69, 9.17) is 0 Å². The Bertz CT molecular complexity index is 960. The van der Waals surface area contributed by atoms with Gasteiger partial charge in [0.2, 0.25) is 0 Å². The number of rotatable bonds is 0. The average Bonchev–Trinajstić information content (AvgIpc) is 2.80. The van der Waals surface area contributed by atoms with E-state index in [1.54, 1.807) is 19.9 Å². The predicted octanol–water partition coefficient (Wildman–Crippen LogP) is 13.3. The first-order valence-electron chi connectivity index (χ1n) is 12.6. The molecule has 0 saturated heterocycles. The van der Waals surface area contributed by atoms with Gasteiger partial charge in [0.1, 0.15) is 17.5 Å². The van der Waals surface area contributed by atoms with Crippen molar-refractivity contribution in [3.8, 4) is 0 Å². The molecule has 3 aromatic carbocycles. The van der Waals surface area contributed by atoms with Gasteiger partial charge in [-0.2, -0.15) is 0 Å². The largest absolute Gasteiger partial charge is 0.207 e. The third kappa shape index (κ3) is 19.5. The zero-order valence-corrected chi connectivity index (χ0v) is 22.8. The molecule has 0 nitrogen and oxygen atoms in total. The van der Waals surface area contributed by atoms with Gasteiger partial charge in [-0.15, -0.1) is 0 Å². The molecule has 1 aliphatic carbocycles. The third-order valence-corrected chi connectivity index (χ3v) is 6.28. The fraction of sp³-hybridized carbons (Fsp3) is 0.514. The zero-order valence-electron chi connectivity index (χ0n) is 22.8. The summed E-state index contributed by atoms with van der Waals surface area (Å²) in [5.74, 6) is 0.974. The average molecular weight is 565 g/mol. The van der Waals surface area contributed by atoms with Gasteiger partial charge in [-0.25, -0.2) is 13.2 Å². The molecule has 0 N–H and O–H groups in total. The molecule has 4 rings (SSSR count). The third-order valence-electron chi connectivity index (χ3n) is 6.28. The Hall–Kier alpha value is -2.55. The summed E-state index contributed by atoms with van der Waals surface area (Å²) in [6.45, 7) is 15.6. The highest BCUT2D eigenvalue weighted by atomic mass is 19.1. The van der Waals surface area contributed by atoms with Crippen LogP contribution in [0.2, 0.25) is 0 Å². The molecule has 0 heterocycles. The molecule has 0 unspecified atom stereocenters. The molecular formula is C37H63F3. The minimum absolute atomic E-state index is 0. The van der Waals surface area contributed by atoms with E-state index in [1.807, 2.05) is 13.0 Å². The van der Waals surface area contributed by atoms with Crippen LogP contribution < -0.4 is 0 Å². The second-order valence-corrected chi connectivity index (χ2v) is 10.1. The predicted molar refractivity (Wildman–Crippen MR) is 178 cm³/mol. The first kappa shape index (κ1) is 47.3. The van der Waals surface area contributed by atoms with Crippen molar-refractivity contribution < 1.29 is 13.2 Å². The van der Waals surface area contributed by atoms with Gasteiger partial charge in [0.05, 0.1) is 0 Å². The number of aryl methyl sites for hydroxylation is 5. The van der Waals surface area contributed by atoms with Crippen molar-refractivity contribution in [1.29, 1.82) is 0 Å². The van der Waals surface area contributed by atoms with Crippen LogP contribution in [0.4, 0.5) is 13.2 Å². The fourth-order valence-corrected chi connectivity index (χ4v) is 3.53. The Balaban J connectivity index is -0.000000131. The molecule has 3 aromatic rings. The molecule has 0 aliphatic heterocycles. The Morgan fingerprint density at radius 3 is 1.05 bits per heavy atom. The molecule has 0 bridgehead atoms. The lowest BCUT2D eigenvalue weighted by Gasteiger charge is -2.22. The Morgan fingerprint density at radius 1 is 0.450 bits per heavy atom. The van der Waals surface area contributed by atoms with Gasteiger partial charge in [0, 0.05) is 5.56 Å². The smallest absolute Gasteiger partial charge is 0.129 e. The summed E-state index contributed by atoms with van der Waals surface area (Å²) < 4.78 is 37.8. The molecule has 40 heavy (non-hydrogen) atoms. The molecular weight excluding hydrogens is 501 g/mol. The molecule has 3 heteroatoms. The monoisotopic (exact) mass is 564 g/mol. The lowest BCUT2D eigenvalue weighted by molar-refractivity contribution is 0.308. The summed E-state index contributed by atoms with van der Waals surface area (Å²) >= 11 is 0. The van der Waals surface area contributed by atoms with Crippen LogP contribution >= 0.6 is 0 Å². The first-order valence-corrected chi connectivity index (χ1v) is 12.6. The second kappa shape index (κ2) is 24.3. The van der Waals surface area contributed by atoms with Gasteiger partial charge >= 0.3 is 0 Å². The Kier molecular flexibility index (Phi) is 28.7. The van der Waals surface area contributed by atoms with E-state index in [0.29, 0.717) is 11.1 Å². The summed E-state index contributed by atoms with van der Waals surface area (Å²) in [6.07, 6.45) is 5.89. The molecule has 0 atom stereocenters. The fourth-order valence-electron chi connectivity index (χ4n) is 3.53. The summed E-state index contributed by atoms with van der Waals surface area (Å²) in [4.78, 5) is 0. The number of hydrogen-bond donors (Lipinski definition) is 0. The number of halogens is 3. The molecule has 0 radical (unpaired) electrons. The van der Waals surface area contributed by atoms with Crippen LogP contribution in [0.5, 0.6) is 0 Å². The standard InChI is InChI=1S/C8H8F2.C8H9F.C8H16.C8H10.5CH4/c1-5-3-7(9)6(2)8(10)4-5;1-6-3-4-7(2)8(9)5-6;2*1-7-3-5-8(2)6-4-7;;;;;/h3-4H,1-2H3;3-5H,1-2H3;7-8H,3-6H2,1-2H3;3-6H,1-2H3;5*1H4. The van der Waals surface area contributed by atoms with Crippen molar-refractivity contribution in [2.45, 2.75) is 118 Å². The number of benzene rings is 3. The maximum atomic E-state index is 12.6. The van der Waals surface area contributed by atoms with E-state index in [9.17, 15) is 13.2 Å². The SMILES string of the molecule is C.C.C.C.C.CC1CCC(C)CC1.Cc1cc(F)c(C)c(F)c1.Cc1ccc(C)c(F)c1.Cc1ccc(C)cc1. The molecule has 232 valence electrons. The highest BCUT2D eigenvalue weighted by Crippen LogP contribution is 2.27. The second-order valence-electron chi connectivity index (χ2n) is 10.1. The normalized spacial score (nSPS) is 14.5. The van der Waals surface area contributed by atoms with E-state index in [1.165, 1.54) is 61.9 Å². The van der Waals surface area contributed by atoms with Crippen molar-refractivity contribution in [3.63, 3.8) is 0 Å². The highest BCUT2D eigenvalue weighted by molar-refractivity contribution is 5.24. The lowest BCUT2D eigenvalue weighted by Crippen LogP contribution is -2.08. The Morgan fingerprint density at radius 2 is 0.750 bits per heavy atom. The molecule has 1 fully saturated rings. The van der Waals surface area contributed by atoms with Crippen LogP contribution in [0.15, 0.2) is 54.6 Å². The van der Waals surface area contributed by atoms with Gasteiger partial charge in [-0.1, -0.05) is 124 Å². The van der Waals surface area contributed by atoms with Gasteiger partial charge in [-0.3, -0.25) is 0 Å². The van der Waals surface area contributed by atoms with Crippen molar-refractivity contribution in [1.82, 2.24) is 0 Å². The van der Waals surface area contributed by atoms with E-state index < -0.39 is 11.6 Å². The quantitative estimate of drug-likeness (QED) is 0.255. The van der Waals surface area contributed by atoms with Crippen LogP contribution in [0, 0.1) is 70.8 Å². The minimum Gasteiger partial charge on any atom is -0.207 e. The van der Waals surface area contributed by atoms with Gasteiger partial charge in [0.15, 0.2) is 0 Å². The van der Waals surface area contributed by atoms with Crippen LogP contribution in [0.3, 0.4) is 0 Å². The maximum Gasteiger partial charge on any atom is 0.129 e. The van der Waals surface area contributed by atoms with E-state index in [-0.39, 0.29) is 48.5 Å². The summed E-state index contributed by atoms with van der Waals surface area (Å²) in [5, 5.41) is 0. The Labute approximate surface area is 248 Å². The van der Waals surface area contributed by atoms with Gasteiger partial charge in [-0.05, 0) is 88.3 Å². The van der Waals surface area contributed by atoms with Crippen LogP contribution in [0.25, 0.3) is 0 Å². The molecule has 1 aliphatic rings. The summed E-state index contributed by atoms with van der Waals surface area (Å²) in [7, 11) is 0. The van der Waals surface area contributed by atoms with E-state index >= 15 is 0 Å².